The molecular formula is C21H21FN2O3. The fourth-order valence-corrected chi connectivity index (χ4v) is 3.37. The van der Waals surface area contributed by atoms with Crippen molar-refractivity contribution in [3.63, 3.8) is 0 Å². The second-order valence-electron chi connectivity index (χ2n) is 6.90. The molecule has 1 heterocycles. The average Bonchev–Trinajstić information content (AvgIpc) is 3.51. The Kier molecular flexibility index (Phi) is 4.79. The van der Waals surface area contributed by atoms with E-state index in [-0.39, 0.29) is 43.2 Å². The fourth-order valence-electron chi connectivity index (χ4n) is 3.37. The summed E-state index contributed by atoms with van der Waals surface area (Å²) in [6.07, 6.45) is 2.09. The quantitative estimate of drug-likeness (QED) is 0.787. The summed E-state index contributed by atoms with van der Waals surface area (Å²) < 4.78 is 19.4. The molecule has 0 N–H and O–H groups in total. The number of carbonyl (C=O) groups excluding carboxylic acids is 2. The van der Waals surface area contributed by atoms with Crippen molar-refractivity contribution < 1.29 is 18.7 Å². The summed E-state index contributed by atoms with van der Waals surface area (Å²) in [5, 5.41) is 0. The number of rotatable bonds is 6. The van der Waals surface area contributed by atoms with Gasteiger partial charge in [0, 0.05) is 31.1 Å². The smallest absolute Gasteiger partial charge is 0.265 e. The Balaban J connectivity index is 1.45. The molecule has 140 valence electrons. The molecule has 1 fully saturated rings. The fraction of sp³-hybridized carbons (Fsp3) is 0.333. The van der Waals surface area contributed by atoms with Crippen LogP contribution in [0.1, 0.15) is 24.8 Å². The van der Waals surface area contributed by atoms with Crippen molar-refractivity contribution in [2.24, 2.45) is 0 Å². The highest BCUT2D eigenvalue weighted by Crippen LogP contribution is 2.32. The molecule has 5 nitrogen and oxygen atoms in total. The zero-order chi connectivity index (χ0) is 18.8. The number of hydrogen-bond donors (Lipinski definition) is 0. The first-order valence-corrected chi connectivity index (χ1v) is 9.18. The molecule has 0 bridgehead atoms. The van der Waals surface area contributed by atoms with E-state index in [0.717, 1.165) is 12.8 Å². The van der Waals surface area contributed by atoms with Crippen LogP contribution in [-0.2, 0) is 16.1 Å². The molecule has 4 rings (SSSR count). The van der Waals surface area contributed by atoms with Crippen LogP contribution in [0, 0.1) is 5.82 Å². The molecule has 0 spiro atoms. The number of carbonyl (C=O) groups is 2. The Hall–Kier alpha value is -2.89. The Bertz CT molecular complexity index is 866. The van der Waals surface area contributed by atoms with Crippen molar-refractivity contribution in [3.8, 4) is 5.75 Å². The van der Waals surface area contributed by atoms with E-state index in [4.69, 9.17) is 4.74 Å². The lowest BCUT2D eigenvalue weighted by Gasteiger charge is -2.30. The molecule has 0 aromatic heterocycles. The van der Waals surface area contributed by atoms with Crippen molar-refractivity contribution in [3.05, 3.63) is 59.9 Å². The number of hydrogen-bond acceptors (Lipinski definition) is 3. The average molecular weight is 368 g/mol. The molecule has 0 saturated heterocycles. The number of amides is 2. The van der Waals surface area contributed by atoms with Crippen molar-refractivity contribution in [2.45, 2.75) is 31.8 Å². The molecule has 27 heavy (non-hydrogen) atoms. The minimum atomic E-state index is -0.298. The molecule has 1 aliphatic carbocycles. The zero-order valence-electron chi connectivity index (χ0n) is 14.9. The predicted octanol–water partition coefficient (Wildman–Crippen LogP) is 3.13. The standard InChI is InChI=1S/C21H21FN2O3/c22-17-6-2-1-5-15(17)13-24(16-9-10-16)20(25)11-12-23-18-7-3-4-8-19(18)27-14-21(23)26/h1-8,16H,9-14H2. The third-order valence-corrected chi connectivity index (χ3v) is 4.96. The maximum Gasteiger partial charge on any atom is 0.265 e. The van der Waals surface area contributed by atoms with Gasteiger partial charge in [-0.15, -0.1) is 0 Å². The molecule has 0 radical (unpaired) electrons. The highest BCUT2D eigenvalue weighted by atomic mass is 19.1. The summed E-state index contributed by atoms with van der Waals surface area (Å²) in [4.78, 5) is 28.4. The van der Waals surface area contributed by atoms with Crippen LogP contribution < -0.4 is 9.64 Å². The van der Waals surface area contributed by atoms with Gasteiger partial charge in [0.15, 0.2) is 6.61 Å². The molecule has 2 aromatic carbocycles. The molecule has 1 saturated carbocycles. The highest BCUT2D eigenvalue weighted by molar-refractivity contribution is 5.98. The molecule has 6 heteroatoms. The minimum Gasteiger partial charge on any atom is -0.482 e. The van der Waals surface area contributed by atoms with Gasteiger partial charge < -0.3 is 14.5 Å². The second-order valence-corrected chi connectivity index (χ2v) is 6.90. The van der Waals surface area contributed by atoms with Gasteiger partial charge in [-0.25, -0.2) is 4.39 Å². The van der Waals surface area contributed by atoms with E-state index in [1.165, 1.54) is 6.07 Å². The summed E-state index contributed by atoms with van der Waals surface area (Å²) in [7, 11) is 0. The topological polar surface area (TPSA) is 49.9 Å². The lowest BCUT2D eigenvalue weighted by Crippen LogP contribution is -2.42. The first-order valence-electron chi connectivity index (χ1n) is 9.18. The van der Waals surface area contributed by atoms with E-state index in [1.807, 2.05) is 24.3 Å². The lowest BCUT2D eigenvalue weighted by molar-refractivity contribution is -0.132. The largest absolute Gasteiger partial charge is 0.482 e. The van der Waals surface area contributed by atoms with Crippen LogP contribution in [0.5, 0.6) is 5.75 Å². The van der Waals surface area contributed by atoms with Crippen LogP contribution in [0.2, 0.25) is 0 Å². The monoisotopic (exact) mass is 368 g/mol. The van der Waals surface area contributed by atoms with Gasteiger partial charge >= 0.3 is 0 Å². The number of ether oxygens (including phenoxy) is 1. The van der Waals surface area contributed by atoms with Crippen LogP contribution >= 0.6 is 0 Å². The first kappa shape index (κ1) is 17.5. The number of para-hydroxylation sites is 2. The molecule has 0 atom stereocenters. The number of fused-ring (bicyclic) bond motifs is 1. The maximum absolute atomic E-state index is 14.0. The summed E-state index contributed by atoms with van der Waals surface area (Å²) in [6.45, 7) is 0.537. The van der Waals surface area contributed by atoms with Crippen LogP contribution in [0.4, 0.5) is 10.1 Å². The molecule has 2 amide bonds. The van der Waals surface area contributed by atoms with Gasteiger partial charge in [-0.1, -0.05) is 30.3 Å². The van der Waals surface area contributed by atoms with E-state index in [2.05, 4.69) is 0 Å². The van der Waals surface area contributed by atoms with Gasteiger partial charge in [0.1, 0.15) is 11.6 Å². The van der Waals surface area contributed by atoms with Gasteiger partial charge in [0.2, 0.25) is 5.91 Å². The molecule has 2 aliphatic rings. The Labute approximate surface area is 157 Å². The van der Waals surface area contributed by atoms with Crippen molar-refractivity contribution in [1.29, 1.82) is 0 Å². The van der Waals surface area contributed by atoms with E-state index in [1.54, 1.807) is 28.0 Å². The SMILES string of the molecule is O=C1COc2ccccc2N1CCC(=O)N(Cc1ccccc1F)C1CC1. The van der Waals surface area contributed by atoms with Crippen molar-refractivity contribution in [1.82, 2.24) is 4.90 Å². The summed E-state index contributed by atoms with van der Waals surface area (Å²) in [5.41, 5.74) is 1.21. The summed E-state index contributed by atoms with van der Waals surface area (Å²) >= 11 is 0. The van der Waals surface area contributed by atoms with E-state index in [0.29, 0.717) is 23.5 Å². The second kappa shape index (κ2) is 7.39. The molecule has 2 aromatic rings. The van der Waals surface area contributed by atoms with E-state index in [9.17, 15) is 14.0 Å². The molecule has 0 unspecified atom stereocenters. The van der Waals surface area contributed by atoms with Crippen LogP contribution in [0.15, 0.2) is 48.5 Å². The third kappa shape index (κ3) is 3.79. The number of halogens is 1. The van der Waals surface area contributed by atoms with Gasteiger partial charge in [-0.3, -0.25) is 9.59 Å². The Morgan fingerprint density at radius 3 is 2.67 bits per heavy atom. The van der Waals surface area contributed by atoms with E-state index >= 15 is 0 Å². The minimum absolute atomic E-state index is 0.0211. The molecule has 1 aliphatic heterocycles. The van der Waals surface area contributed by atoms with Crippen LogP contribution in [-0.4, -0.2) is 35.9 Å². The third-order valence-electron chi connectivity index (χ3n) is 4.96. The van der Waals surface area contributed by atoms with Gasteiger partial charge in [-0.05, 0) is 31.0 Å². The van der Waals surface area contributed by atoms with Crippen LogP contribution in [0.3, 0.4) is 0 Å². The molecular weight excluding hydrogens is 347 g/mol. The van der Waals surface area contributed by atoms with Gasteiger partial charge in [0.25, 0.3) is 5.91 Å². The first-order chi connectivity index (χ1) is 13.1. The maximum atomic E-state index is 14.0. The number of nitrogens with zero attached hydrogens (tertiary/aromatic N) is 2. The number of anilines is 1. The van der Waals surface area contributed by atoms with Gasteiger partial charge in [-0.2, -0.15) is 0 Å². The predicted molar refractivity (Wildman–Crippen MR) is 98.9 cm³/mol. The van der Waals surface area contributed by atoms with Crippen LogP contribution in [0.25, 0.3) is 0 Å². The zero-order valence-corrected chi connectivity index (χ0v) is 14.9. The van der Waals surface area contributed by atoms with Crippen molar-refractivity contribution >= 4 is 17.5 Å². The summed E-state index contributed by atoms with van der Waals surface area (Å²) in [5.74, 6) is 0.134. The van der Waals surface area contributed by atoms with Gasteiger partial charge in [0.05, 0.1) is 5.69 Å². The normalized spacial score (nSPS) is 15.9. The Morgan fingerprint density at radius 2 is 1.89 bits per heavy atom. The Morgan fingerprint density at radius 1 is 1.15 bits per heavy atom. The van der Waals surface area contributed by atoms with E-state index < -0.39 is 0 Å². The lowest BCUT2D eigenvalue weighted by atomic mass is 10.1. The van der Waals surface area contributed by atoms with Crippen molar-refractivity contribution in [2.75, 3.05) is 18.1 Å². The number of benzene rings is 2. The summed E-state index contributed by atoms with van der Waals surface area (Å²) in [6, 6.07) is 14.0. The highest BCUT2D eigenvalue weighted by Gasteiger charge is 2.33.